The van der Waals surface area contributed by atoms with E-state index in [1.807, 2.05) is 30.3 Å². The lowest BCUT2D eigenvalue weighted by atomic mass is 9.94. The Morgan fingerprint density at radius 2 is 1.68 bits per heavy atom. The average Bonchev–Trinajstić information content (AvgIpc) is 3.15. The van der Waals surface area contributed by atoms with Gasteiger partial charge in [0.25, 0.3) is 0 Å². The second-order valence-electron chi connectivity index (χ2n) is 8.58. The lowest BCUT2D eigenvalue weighted by Gasteiger charge is -2.19. The quantitative estimate of drug-likeness (QED) is 0.367. The van der Waals surface area contributed by atoms with Crippen LogP contribution in [0.2, 0.25) is 0 Å². The van der Waals surface area contributed by atoms with Gasteiger partial charge in [-0.3, -0.25) is 4.79 Å². The molecule has 6 rings (SSSR count). The smallest absolute Gasteiger partial charge is 0.214 e. The van der Waals surface area contributed by atoms with Crippen LogP contribution in [0.25, 0.3) is 27.8 Å². The maximum Gasteiger partial charge on any atom is 0.214 e. The molecule has 2 heterocycles. The molecule has 0 atom stereocenters. The summed E-state index contributed by atoms with van der Waals surface area (Å²) in [7, 11) is 0. The maximum atomic E-state index is 13.0. The SMILES string of the molecule is O=c1c(/C=C/C2=[N+](C3CCCCC3)c3cccc4cccc2c34)coc2ccccc12. The molecule has 1 aromatic heterocycles. The third kappa shape index (κ3) is 2.96. The molecule has 0 amide bonds. The molecule has 1 saturated carbocycles. The summed E-state index contributed by atoms with van der Waals surface area (Å²) >= 11 is 0. The molecule has 0 N–H and O–H groups in total. The molecule has 0 unspecified atom stereocenters. The van der Waals surface area contributed by atoms with Crippen molar-refractivity contribution in [3.05, 3.63) is 94.4 Å². The molecule has 1 aliphatic carbocycles. The van der Waals surface area contributed by atoms with Crippen LogP contribution in [-0.2, 0) is 0 Å². The standard InChI is InChI=1S/C28H24NO2/c30-28-20(18-31-26-15-5-4-12-23(26)28)16-17-24-22-13-6-8-19-9-7-14-25(27(19)22)29(24)21-10-2-1-3-11-21/h4-9,12-18,21H,1-3,10-11H2/q+1/b17-16+. The third-order valence-corrected chi connectivity index (χ3v) is 6.75. The fraction of sp³-hybridized carbons (Fsp3) is 0.214. The summed E-state index contributed by atoms with van der Waals surface area (Å²) in [6, 6.07) is 21.0. The van der Waals surface area contributed by atoms with Gasteiger partial charge in [-0.1, -0.05) is 42.8 Å². The van der Waals surface area contributed by atoms with Crippen molar-refractivity contribution >= 4 is 39.2 Å². The maximum absolute atomic E-state index is 13.0. The summed E-state index contributed by atoms with van der Waals surface area (Å²) in [5.74, 6) is 0. The minimum Gasteiger partial charge on any atom is -0.463 e. The van der Waals surface area contributed by atoms with Gasteiger partial charge >= 0.3 is 0 Å². The van der Waals surface area contributed by atoms with Gasteiger partial charge in [-0.15, -0.1) is 0 Å². The Morgan fingerprint density at radius 1 is 0.871 bits per heavy atom. The molecule has 2 aliphatic rings. The largest absolute Gasteiger partial charge is 0.463 e. The van der Waals surface area contributed by atoms with Crippen LogP contribution in [0.1, 0.15) is 43.2 Å². The van der Waals surface area contributed by atoms with Crippen LogP contribution < -0.4 is 5.43 Å². The van der Waals surface area contributed by atoms with Crippen LogP contribution >= 0.6 is 0 Å². The van der Waals surface area contributed by atoms with Crippen molar-refractivity contribution in [1.29, 1.82) is 0 Å². The van der Waals surface area contributed by atoms with E-state index in [1.165, 1.54) is 59.8 Å². The summed E-state index contributed by atoms with van der Waals surface area (Å²) in [6.45, 7) is 0. The fourth-order valence-electron chi connectivity index (χ4n) is 5.27. The van der Waals surface area contributed by atoms with Crippen molar-refractivity contribution in [2.75, 3.05) is 0 Å². The number of fused-ring (bicyclic) bond motifs is 1. The van der Waals surface area contributed by atoms with Gasteiger partial charge < -0.3 is 4.42 Å². The summed E-state index contributed by atoms with van der Waals surface area (Å²) in [5.41, 5.74) is 4.95. The van der Waals surface area contributed by atoms with E-state index in [9.17, 15) is 4.79 Å². The zero-order chi connectivity index (χ0) is 20.8. The van der Waals surface area contributed by atoms with Gasteiger partial charge in [-0.05, 0) is 42.5 Å². The molecule has 3 nitrogen and oxygen atoms in total. The van der Waals surface area contributed by atoms with E-state index >= 15 is 0 Å². The van der Waals surface area contributed by atoms with Crippen LogP contribution in [0.15, 0.2) is 82.2 Å². The molecule has 3 aromatic carbocycles. The van der Waals surface area contributed by atoms with Gasteiger partial charge in [0.15, 0.2) is 11.5 Å². The molecule has 152 valence electrons. The van der Waals surface area contributed by atoms with Crippen LogP contribution in [0.5, 0.6) is 0 Å². The molecule has 31 heavy (non-hydrogen) atoms. The highest BCUT2D eigenvalue weighted by Gasteiger charge is 2.36. The normalized spacial score (nSPS) is 16.8. The van der Waals surface area contributed by atoms with Crippen molar-refractivity contribution in [2.45, 2.75) is 38.1 Å². The van der Waals surface area contributed by atoms with E-state index in [2.05, 4.69) is 47.0 Å². The summed E-state index contributed by atoms with van der Waals surface area (Å²) in [4.78, 5) is 13.0. The number of nitrogens with zero attached hydrogens (tertiary/aromatic N) is 1. The van der Waals surface area contributed by atoms with Crippen molar-refractivity contribution in [1.82, 2.24) is 0 Å². The van der Waals surface area contributed by atoms with E-state index in [0.29, 0.717) is 22.6 Å². The Hall–Kier alpha value is -3.46. The molecule has 0 radical (unpaired) electrons. The molecular formula is C28H24NO2+. The van der Waals surface area contributed by atoms with E-state index in [0.717, 1.165) is 0 Å². The van der Waals surface area contributed by atoms with Crippen molar-refractivity contribution in [3.8, 4) is 0 Å². The minimum absolute atomic E-state index is 0.0108. The highest BCUT2D eigenvalue weighted by molar-refractivity contribution is 6.20. The van der Waals surface area contributed by atoms with Gasteiger partial charge in [-0.25, -0.2) is 0 Å². The molecule has 0 saturated heterocycles. The Labute approximate surface area is 181 Å². The number of allylic oxidation sites excluding steroid dienone is 1. The summed E-state index contributed by atoms with van der Waals surface area (Å²) in [6.07, 6.45) is 11.9. The number of rotatable bonds is 3. The molecule has 0 bridgehead atoms. The molecule has 4 aromatic rings. The first kappa shape index (κ1) is 18.3. The number of hydrogen-bond donors (Lipinski definition) is 0. The van der Waals surface area contributed by atoms with Crippen molar-refractivity contribution in [2.24, 2.45) is 0 Å². The monoisotopic (exact) mass is 406 g/mol. The first-order valence-corrected chi connectivity index (χ1v) is 11.2. The molecular weight excluding hydrogens is 382 g/mol. The van der Waals surface area contributed by atoms with Crippen LogP contribution in [0.4, 0.5) is 5.69 Å². The van der Waals surface area contributed by atoms with Crippen molar-refractivity contribution in [3.63, 3.8) is 0 Å². The Balaban J connectivity index is 1.52. The summed E-state index contributed by atoms with van der Waals surface area (Å²) in [5, 5.41) is 3.21. The fourth-order valence-corrected chi connectivity index (χ4v) is 5.27. The van der Waals surface area contributed by atoms with Gasteiger partial charge in [0.1, 0.15) is 11.8 Å². The number of hydrogen-bond acceptors (Lipinski definition) is 2. The Bertz CT molecular complexity index is 1430. The van der Waals surface area contributed by atoms with Crippen LogP contribution in [0, 0.1) is 0 Å². The van der Waals surface area contributed by atoms with E-state index < -0.39 is 0 Å². The zero-order valence-electron chi connectivity index (χ0n) is 17.4. The van der Waals surface area contributed by atoms with Crippen molar-refractivity contribution < 1.29 is 8.99 Å². The van der Waals surface area contributed by atoms with E-state index in [-0.39, 0.29) is 5.43 Å². The topological polar surface area (TPSA) is 33.2 Å². The van der Waals surface area contributed by atoms with Gasteiger partial charge in [0, 0.05) is 25.0 Å². The molecule has 3 heteroatoms. The highest BCUT2D eigenvalue weighted by Crippen LogP contribution is 2.39. The predicted molar refractivity (Wildman–Crippen MR) is 126 cm³/mol. The molecule has 1 fully saturated rings. The zero-order valence-corrected chi connectivity index (χ0v) is 17.4. The average molecular weight is 407 g/mol. The first-order chi connectivity index (χ1) is 15.3. The predicted octanol–water partition coefficient (Wildman–Crippen LogP) is 6.44. The second-order valence-corrected chi connectivity index (χ2v) is 8.58. The van der Waals surface area contributed by atoms with E-state index in [4.69, 9.17) is 4.42 Å². The Kier molecular flexibility index (Phi) is 4.34. The highest BCUT2D eigenvalue weighted by atomic mass is 16.3. The molecule has 1 aliphatic heterocycles. The molecule has 0 spiro atoms. The number of para-hydroxylation sites is 1. The second kappa shape index (κ2) is 7.35. The first-order valence-electron chi connectivity index (χ1n) is 11.2. The third-order valence-electron chi connectivity index (χ3n) is 6.75. The lowest BCUT2D eigenvalue weighted by Crippen LogP contribution is -2.27. The van der Waals surface area contributed by atoms with E-state index in [1.54, 1.807) is 6.26 Å². The Morgan fingerprint density at radius 3 is 2.55 bits per heavy atom. The van der Waals surface area contributed by atoms with Gasteiger partial charge in [0.2, 0.25) is 11.4 Å². The van der Waals surface area contributed by atoms with Gasteiger partial charge in [-0.2, -0.15) is 4.58 Å². The van der Waals surface area contributed by atoms with Crippen LogP contribution in [-0.4, -0.2) is 16.3 Å². The van der Waals surface area contributed by atoms with Gasteiger partial charge in [0.05, 0.1) is 21.9 Å². The number of benzene rings is 3. The lowest BCUT2D eigenvalue weighted by molar-refractivity contribution is -0.485. The van der Waals surface area contributed by atoms with Crippen LogP contribution in [0.3, 0.4) is 0 Å². The minimum atomic E-state index is 0.0108. The summed E-state index contributed by atoms with van der Waals surface area (Å²) < 4.78 is 8.25.